The first kappa shape index (κ1) is 31.7. The van der Waals surface area contributed by atoms with Gasteiger partial charge in [0.1, 0.15) is 0 Å². The molecular formula is C54H36. The van der Waals surface area contributed by atoms with Gasteiger partial charge >= 0.3 is 0 Å². The second kappa shape index (κ2) is 13.5. The fraction of sp³-hybridized carbons (Fsp3) is 0. The highest BCUT2D eigenvalue weighted by Crippen LogP contribution is 2.55. The lowest BCUT2D eigenvalue weighted by atomic mass is 9.76. The topological polar surface area (TPSA) is 0 Å². The van der Waals surface area contributed by atoms with E-state index in [-0.39, 0.29) is 0 Å². The molecule has 10 rings (SSSR count). The molecule has 0 bridgehead atoms. The lowest BCUT2D eigenvalue weighted by molar-refractivity contribution is 1.57. The predicted octanol–water partition coefficient (Wildman–Crippen LogP) is 15.1. The van der Waals surface area contributed by atoms with Gasteiger partial charge < -0.3 is 0 Å². The van der Waals surface area contributed by atoms with Crippen LogP contribution in [-0.2, 0) is 0 Å². The minimum absolute atomic E-state index is 1.19. The van der Waals surface area contributed by atoms with Crippen LogP contribution < -0.4 is 0 Å². The molecule has 0 amide bonds. The van der Waals surface area contributed by atoms with Crippen LogP contribution in [0.3, 0.4) is 0 Å². The second-order valence-corrected chi connectivity index (χ2v) is 14.0. The molecular weight excluding hydrogens is 649 g/mol. The van der Waals surface area contributed by atoms with Crippen LogP contribution in [0.25, 0.3) is 99.1 Å². The van der Waals surface area contributed by atoms with E-state index in [1.807, 2.05) is 0 Å². The van der Waals surface area contributed by atoms with Crippen LogP contribution in [0.4, 0.5) is 0 Å². The Morgan fingerprint density at radius 3 is 0.722 bits per heavy atom. The lowest BCUT2D eigenvalue weighted by Gasteiger charge is -2.27. The summed E-state index contributed by atoms with van der Waals surface area (Å²) in [6, 6.07) is 79.9. The van der Waals surface area contributed by atoms with Crippen LogP contribution in [-0.4, -0.2) is 0 Å². The molecule has 0 saturated heterocycles. The van der Waals surface area contributed by atoms with Crippen LogP contribution in [0.2, 0.25) is 0 Å². The van der Waals surface area contributed by atoms with E-state index in [1.54, 1.807) is 0 Å². The third-order valence-corrected chi connectivity index (χ3v) is 10.8. The molecule has 0 unspecified atom stereocenters. The Bertz CT molecular complexity index is 2710. The third kappa shape index (κ3) is 5.40. The van der Waals surface area contributed by atoms with Gasteiger partial charge in [-0.1, -0.05) is 206 Å². The van der Waals surface area contributed by atoms with E-state index in [9.17, 15) is 0 Å². The molecule has 0 aliphatic heterocycles. The summed E-state index contributed by atoms with van der Waals surface area (Å²) in [5.74, 6) is 0. The van der Waals surface area contributed by atoms with Crippen molar-refractivity contribution >= 4 is 32.3 Å². The first-order valence-corrected chi connectivity index (χ1v) is 18.7. The van der Waals surface area contributed by atoms with Crippen LogP contribution in [0.5, 0.6) is 0 Å². The van der Waals surface area contributed by atoms with Gasteiger partial charge in [0.15, 0.2) is 0 Å². The Kier molecular flexibility index (Phi) is 7.93. The number of hydrogen-bond donors (Lipinski definition) is 0. The normalized spacial score (nSPS) is 11.3. The molecule has 0 heteroatoms. The molecule has 0 radical (unpaired) electrons. The van der Waals surface area contributed by atoms with E-state index in [0.717, 1.165) is 0 Å². The molecule has 0 N–H and O–H groups in total. The number of fused-ring (bicyclic) bond motifs is 6. The maximum absolute atomic E-state index is 2.44. The molecule has 0 saturated carbocycles. The molecule has 0 aliphatic carbocycles. The van der Waals surface area contributed by atoms with E-state index in [4.69, 9.17) is 0 Å². The van der Waals surface area contributed by atoms with Crippen LogP contribution >= 0.6 is 0 Å². The smallest absolute Gasteiger partial charge is 0.000719 e. The van der Waals surface area contributed by atoms with Gasteiger partial charge in [-0.25, -0.2) is 0 Å². The van der Waals surface area contributed by atoms with Crippen molar-refractivity contribution in [2.75, 3.05) is 0 Å². The van der Waals surface area contributed by atoms with E-state index < -0.39 is 0 Å². The van der Waals surface area contributed by atoms with Crippen LogP contribution in [0.1, 0.15) is 0 Å². The number of benzene rings is 10. The highest BCUT2D eigenvalue weighted by atomic mass is 14.3. The summed E-state index contributed by atoms with van der Waals surface area (Å²) in [7, 11) is 0. The summed E-state index contributed by atoms with van der Waals surface area (Å²) >= 11 is 0. The maximum Gasteiger partial charge on any atom is -0.000719 e. The summed E-state index contributed by atoms with van der Waals surface area (Å²) < 4.78 is 0. The van der Waals surface area contributed by atoms with E-state index in [2.05, 4.69) is 218 Å². The zero-order valence-corrected chi connectivity index (χ0v) is 29.8. The quantitative estimate of drug-likeness (QED) is 0.153. The molecule has 10 aromatic carbocycles. The average molecular weight is 685 g/mol. The molecule has 10 aromatic rings. The Morgan fingerprint density at radius 2 is 0.426 bits per heavy atom. The SMILES string of the molecule is c1ccc(-c2ccc3c4ccc(-c5ccccc5)cc4c4c(-c5ccccc5)c(-c5ccccc5)c(-c5ccccc5)c(-c5ccccc5)c4c3c2)cc1. The molecule has 0 nitrogen and oxygen atoms in total. The fourth-order valence-corrected chi connectivity index (χ4v) is 8.45. The summed E-state index contributed by atoms with van der Waals surface area (Å²) in [4.78, 5) is 0. The Labute approximate surface area is 316 Å². The Balaban J connectivity index is 1.54. The van der Waals surface area contributed by atoms with Crippen LogP contribution in [0.15, 0.2) is 218 Å². The van der Waals surface area contributed by atoms with Crippen molar-refractivity contribution in [3.63, 3.8) is 0 Å². The fourth-order valence-electron chi connectivity index (χ4n) is 8.45. The molecule has 0 aromatic heterocycles. The number of hydrogen-bond acceptors (Lipinski definition) is 0. The molecule has 0 aliphatic rings. The van der Waals surface area contributed by atoms with Gasteiger partial charge in [-0.3, -0.25) is 0 Å². The minimum atomic E-state index is 1.19. The highest BCUT2D eigenvalue weighted by Gasteiger charge is 2.27. The number of rotatable bonds is 6. The van der Waals surface area contributed by atoms with E-state index in [1.165, 1.54) is 99.1 Å². The van der Waals surface area contributed by atoms with Crippen molar-refractivity contribution in [2.45, 2.75) is 0 Å². The zero-order valence-electron chi connectivity index (χ0n) is 29.8. The monoisotopic (exact) mass is 684 g/mol. The van der Waals surface area contributed by atoms with Gasteiger partial charge in [0.05, 0.1) is 0 Å². The van der Waals surface area contributed by atoms with Gasteiger partial charge in [-0.15, -0.1) is 0 Å². The van der Waals surface area contributed by atoms with Crippen molar-refractivity contribution < 1.29 is 0 Å². The first-order chi connectivity index (χ1) is 26.8. The Hall–Kier alpha value is -7.02. The van der Waals surface area contributed by atoms with Gasteiger partial charge in [-0.05, 0) is 111 Å². The van der Waals surface area contributed by atoms with Crippen molar-refractivity contribution in [2.24, 2.45) is 0 Å². The van der Waals surface area contributed by atoms with E-state index in [0.29, 0.717) is 0 Å². The highest BCUT2D eigenvalue weighted by molar-refractivity contribution is 6.35. The van der Waals surface area contributed by atoms with Crippen molar-refractivity contribution in [3.05, 3.63) is 218 Å². The van der Waals surface area contributed by atoms with Gasteiger partial charge in [0.25, 0.3) is 0 Å². The van der Waals surface area contributed by atoms with Gasteiger partial charge in [-0.2, -0.15) is 0 Å². The lowest BCUT2D eigenvalue weighted by Crippen LogP contribution is -1.99. The maximum atomic E-state index is 2.44. The van der Waals surface area contributed by atoms with Crippen molar-refractivity contribution in [1.82, 2.24) is 0 Å². The third-order valence-electron chi connectivity index (χ3n) is 10.8. The van der Waals surface area contributed by atoms with Crippen molar-refractivity contribution in [3.8, 4) is 66.8 Å². The summed E-state index contributed by atoms with van der Waals surface area (Å²) in [6.07, 6.45) is 0. The van der Waals surface area contributed by atoms with Gasteiger partial charge in [0.2, 0.25) is 0 Å². The standard InChI is InChI=1S/C54H36/c1-7-19-37(20-8-1)43-31-33-45-46-34-32-44(38-21-9-2-10-22-38)36-48(46)54-52(42-29-17-6-18-30-42)50(40-25-13-4-14-26-40)49(39-23-11-3-12-24-39)51(53(54)47(45)35-43)41-27-15-5-16-28-41/h1-36H. The first-order valence-electron chi connectivity index (χ1n) is 18.7. The second-order valence-electron chi connectivity index (χ2n) is 14.0. The summed E-state index contributed by atoms with van der Waals surface area (Å²) in [5.41, 5.74) is 14.6. The predicted molar refractivity (Wildman–Crippen MR) is 232 cm³/mol. The molecule has 252 valence electrons. The van der Waals surface area contributed by atoms with Crippen molar-refractivity contribution in [1.29, 1.82) is 0 Å². The van der Waals surface area contributed by atoms with E-state index >= 15 is 0 Å². The van der Waals surface area contributed by atoms with Gasteiger partial charge in [0, 0.05) is 0 Å². The van der Waals surface area contributed by atoms with Crippen LogP contribution in [0, 0.1) is 0 Å². The average Bonchev–Trinajstić information content (AvgIpc) is 3.27. The molecule has 0 atom stereocenters. The Morgan fingerprint density at radius 1 is 0.167 bits per heavy atom. The minimum Gasteiger partial charge on any atom is -0.0622 e. The molecule has 0 heterocycles. The zero-order chi connectivity index (χ0) is 35.8. The molecule has 54 heavy (non-hydrogen) atoms. The molecule has 0 spiro atoms. The molecule has 0 fully saturated rings. The summed E-state index contributed by atoms with van der Waals surface area (Å²) in [6.45, 7) is 0. The summed E-state index contributed by atoms with van der Waals surface area (Å²) in [5, 5.41) is 7.53. The largest absolute Gasteiger partial charge is 0.0622 e.